The van der Waals surface area contributed by atoms with E-state index in [1.165, 1.54) is 27.5 Å². The summed E-state index contributed by atoms with van der Waals surface area (Å²) < 4.78 is 0. The quantitative estimate of drug-likeness (QED) is 0.401. The predicted octanol–water partition coefficient (Wildman–Crippen LogP) is 6.27. The summed E-state index contributed by atoms with van der Waals surface area (Å²) in [6.45, 7) is 6.50. The molecular weight excluding hydrogens is 366 g/mol. The van der Waals surface area contributed by atoms with Gasteiger partial charge in [-0.1, -0.05) is 25.5 Å². The van der Waals surface area contributed by atoms with Crippen molar-refractivity contribution in [2.75, 3.05) is 0 Å². The maximum absolute atomic E-state index is 4.93. The summed E-state index contributed by atoms with van der Waals surface area (Å²) in [4.78, 5) is 0. The molecule has 0 spiro atoms. The van der Waals surface area contributed by atoms with E-state index in [9.17, 15) is 0 Å². The van der Waals surface area contributed by atoms with Crippen molar-refractivity contribution in [2.45, 2.75) is 20.8 Å². The van der Waals surface area contributed by atoms with Gasteiger partial charge >= 0.3 is 37.9 Å². The normalized spacial score (nSPS) is 9.05. The number of fused-ring (bicyclic) bond motifs is 1. The second kappa shape index (κ2) is 9.56. The van der Waals surface area contributed by atoms with Gasteiger partial charge in [0.05, 0.1) is 0 Å². The Bertz CT molecular complexity index is 592. The number of halogens is 2. The van der Waals surface area contributed by atoms with Gasteiger partial charge in [0, 0.05) is 0 Å². The van der Waals surface area contributed by atoms with Crippen LogP contribution in [-0.2, 0) is 20.8 Å². The van der Waals surface area contributed by atoms with Crippen LogP contribution in [0.25, 0.3) is 10.8 Å². The molecule has 0 saturated carbocycles. The Morgan fingerprint density at radius 2 is 1.70 bits per heavy atom. The van der Waals surface area contributed by atoms with Gasteiger partial charge in [0.2, 0.25) is 0 Å². The minimum absolute atomic E-state index is 0.826. The van der Waals surface area contributed by atoms with Crippen LogP contribution in [0.5, 0.6) is 0 Å². The van der Waals surface area contributed by atoms with Crippen LogP contribution in [0.15, 0.2) is 54.6 Å². The minimum Gasteiger partial charge on any atom is -0.214 e. The molecule has 0 nitrogen and oxygen atoms in total. The standard InChI is InChI=1S/C12H13.C5H5.2ClH.Zr/c1-8-6-10(3)12-9(2)4-5-11(12)7-8;1-2-4-5-3-1;;;/h4-7H,1-3H3;1-5H;2*1H;/q2*-1;;;+4/p-2. The van der Waals surface area contributed by atoms with E-state index in [1.807, 2.05) is 30.3 Å². The number of aryl methyl sites for hydroxylation is 3. The third kappa shape index (κ3) is 5.56. The van der Waals surface area contributed by atoms with Gasteiger partial charge in [-0.25, -0.2) is 12.1 Å². The van der Waals surface area contributed by atoms with Gasteiger partial charge in [0.1, 0.15) is 0 Å². The van der Waals surface area contributed by atoms with Crippen LogP contribution in [0.4, 0.5) is 0 Å². The predicted molar refractivity (Wildman–Crippen MR) is 87.5 cm³/mol. The third-order valence-corrected chi connectivity index (χ3v) is 2.97. The molecule has 104 valence electrons. The van der Waals surface area contributed by atoms with Crippen LogP contribution < -0.4 is 0 Å². The van der Waals surface area contributed by atoms with E-state index >= 15 is 0 Å². The maximum atomic E-state index is 4.93. The summed E-state index contributed by atoms with van der Waals surface area (Å²) in [6, 6.07) is 18.9. The Labute approximate surface area is 140 Å². The average molecular weight is 384 g/mol. The average Bonchev–Trinajstić information content (AvgIpc) is 3.03. The molecule has 3 rings (SSSR count). The molecular formula is C17H18Cl2Zr. The van der Waals surface area contributed by atoms with E-state index in [4.69, 9.17) is 17.0 Å². The molecule has 0 radical (unpaired) electrons. The number of hydrogen-bond donors (Lipinski definition) is 0. The minimum atomic E-state index is -0.826. The Balaban J connectivity index is 0.000000208. The molecule has 0 atom stereocenters. The van der Waals surface area contributed by atoms with Crippen molar-refractivity contribution < 1.29 is 20.8 Å². The summed E-state index contributed by atoms with van der Waals surface area (Å²) in [6.07, 6.45) is 0. The topological polar surface area (TPSA) is 0 Å². The van der Waals surface area contributed by atoms with E-state index in [0.717, 1.165) is 0 Å². The smallest absolute Gasteiger partial charge is 0.172 e. The van der Waals surface area contributed by atoms with E-state index in [2.05, 4.69) is 45.0 Å². The van der Waals surface area contributed by atoms with E-state index < -0.39 is 20.8 Å². The SMILES string of the molecule is Cc1cc(C)c2c(cc[c-]2C)c1.[Cl][Zr+2][Cl].c1cc[cH-]c1. The largest absolute Gasteiger partial charge is 0.214 e. The van der Waals surface area contributed by atoms with Crippen LogP contribution >= 0.6 is 17.0 Å². The van der Waals surface area contributed by atoms with Gasteiger partial charge in [-0.3, -0.25) is 0 Å². The van der Waals surface area contributed by atoms with E-state index in [0.29, 0.717) is 0 Å². The molecule has 20 heavy (non-hydrogen) atoms. The van der Waals surface area contributed by atoms with Crippen molar-refractivity contribution in [2.24, 2.45) is 0 Å². The summed E-state index contributed by atoms with van der Waals surface area (Å²) in [5.74, 6) is 0. The van der Waals surface area contributed by atoms with E-state index in [1.54, 1.807) is 0 Å². The van der Waals surface area contributed by atoms with Crippen LogP contribution in [0, 0.1) is 20.8 Å². The summed E-state index contributed by atoms with van der Waals surface area (Å²) >= 11 is -0.826. The monoisotopic (exact) mass is 382 g/mol. The Hall–Kier alpha value is -0.357. The van der Waals surface area contributed by atoms with Gasteiger partial charge in [-0.05, 0) is 6.92 Å². The zero-order valence-corrected chi connectivity index (χ0v) is 15.9. The van der Waals surface area contributed by atoms with Crippen molar-refractivity contribution >= 4 is 27.8 Å². The molecule has 0 aliphatic carbocycles. The number of hydrogen-bond acceptors (Lipinski definition) is 0. The zero-order chi connectivity index (χ0) is 15.0. The molecule has 0 unspecified atom stereocenters. The molecule has 0 fully saturated rings. The van der Waals surface area contributed by atoms with Crippen LogP contribution in [0.2, 0.25) is 0 Å². The van der Waals surface area contributed by atoms with Crippen LogP contribution in [0.3, 0.4) is 0 Å². The molecule has 3 aromatic rings. The van der Waals surface area contributed by atoms with Gasteiger partial charge in [-0.15, -0.1) is 28.0 Å². The molecule has 0 amide bonds. The Morgan fingerprint density at radius 1 is 1.10 bits per heavy atom. The molecule has 0 aliphatic rings. The molecule has 3 aromatic carbocycles. The third-order valence-electron chi connectivity index (χ3n) is 2.97. The van der Waals surface area contributed by atoms with Crippen LogP contribution in [-0.4, -0.2) is 0 Å². The molecule has 0 aromatic heterocycles. The first-order chi connectivity index (χ1) is 9.60. The summed E-state index contributed by atoms with van der Waals surface area (Å²) in [5, 5.41) is 2.81. The fourth-order valence-corrected chi connectivity index (χ4v) is 2.29. The molecule has 0 saturated heterocycles. The van der Waals surface area contributed by atoms with Gasteiger partial charge < -0.3 is 0 Å². The van der Waals surface area contributed by atoms with E-state index in [-0.39, 0.29) is 0 Å². The van der Waals surface area contributed by atoms with Crippen LogP contribution in [0.1, 0.15) is 16.7 Å². The zero-order valence-electron chi connectivity index (χ0n) is 12.0. The first kappa shape index (κ1) is 17.7. The second-order valence-electron chi connectivity index (χ2n) is 4.60. The molecule has 3 heteroatoms. The number of rotatable bonds is 0. The van der Waals surface area contributed by atoms with Gasteiger partial charge in [0.15, 0.2) is 0 Å². The summed E-state index contributed by atoms with van der Waals surface area (Å²) in [5.41, 5.74) is 4.14. The van der Waals surface area contributed by atoms with Crippen molar-refractivity contribution in [3.63, 3.8) is 0 Å². The first-order valence-electron chi connectivity index (χ1n) is 6.36. The van der Waals surface area contributed by atoms with Crippen molar-refractivity contribution in [3.05, 3.63) is 71.3 Å². The number of benzene rings is 1. The fraction of sp³-hybridized carbons (Fsp3) is 0.176. The second-order valence-corrected chi connectivity index (χ2v) is 8.33. The first-order valence-corrected chi connectivity index (χ1v) is 12.7. The Morgan fingerprint density at radius 3 is 2.20 bits per heavy atom. The van der Waals surface area contributed by atoms with Gasteiger partial charge in [-0.2, -0.15) is 30.3 Å². The van der Waals surface area contributed by atoms with Crippen molar-refractivity contribution in [1.29, 1.82) is 0 Å². The summed E-state index contributed by atoms with van der Waals surface area (Å²) in [7, 11) is 9.87. The Kier molecular flexibility index (Phi) is 8.45. The van der Waals surface area contributed by atoms with Gasteiger partial charge in [0.25, 0.3) is 0 Å². The molecule has 0 aliphatic heterocycles. The molecule has 0 bridgehead atoms. The fourth-order valence-electron chi connectivity index (χ4n) is 2.29. The maximum Gasteiger partial charge on any atom is -0.172 e. The van der Waals surface area contributed by atoms with Crippen molar-refractivity contribution in [3.8, 4) is 0 Å². The molecule has 0 N–H and O–H groups in total. The molecule has 0 heterocycles. The van der Waals surface area contributed by atoms with Crippen molar-refractivity contribution in [1.82, 2.24) is 0 Å².